The highest BCUT2D eigenvalue weighted by Crippen LogP contribution is 2.35. The number of hydrogen-bond donors (Lipinski definition) is 2. The first-order valence-corrected chi connectivity index (χ1v) is 6.12. The summed E-state index contributed by atoms with van der Waals surface area (Å²) >= 11 is 5.84. The summed E-state index contributed by atoms with van der Waals surface area (Å²) in [6, 6.07) is 5.10. The Morgan fingerprint density at radius 1 is 1.14 bits per heavy atom. The molecule has 0 aliphatic carbocycles. The molecule has 0 saturated heterocycles. The molecule has 0 bridgehead atoms. The molecule has 0 radical (unpaired) electrons. The number of aromatic nitrogens is 4. The summed E-state index contributed by atoms with van der Waals surface area (Å²) in [6.07, 6.45) is -3.23. The second kappa shape index (κ2) is 4.88. The van der Waals surface area contributed by atoms with Gasteiger partial charge in [-0.3, -0.25) is 0 Å². The molecule has 1 aromatic carbocycles. The van der Waals surface area contributed by atoms with Crippen LogP contribution in [0.3, 0.4) is 0 Å². The minimum absolute atomic E-state index is 0.101. The molecule has 0 saturated carbocycles. The fourth-order valence-electron chi connectivity index (χ4n) is 1.83. The molecule has 108 valence electrons. The minimum atomic E-state index is -4.47. The Kier molecular flexibility index (Phi) is 3.17. The number of anilines is 2. The third-order valence-electron chi connectivity index (χ3n) is 2.72. The lowest BCUT2D eigenvalue weighted by atomic mass is 10.1. The summed E-state index contributed by atoms with van der Waals surface area (Å²) in [6.45, 7) is 0. The lowest BCUT2D eigenvalue weighted by Gasteiger charge is -2.12. The first-order chi connectivity index (χ1) is 9.95. The second-order valence-electron chi connectivity index (χ2n) is 4.12. The number of nitrogens with zero attached hydrogens (tertiary/aromatic N) is 3. The number of fused-ring (bicyclic) bond motifs is 1. The van der Waals surface area contributed by atoms with Crippen molar-refractivity contribution in [2.24, 2.45) is 0 Å². The SMILES string of the molecule is FC(F)(F)c1ccccc1Nc1nc2c(Cl)ncnc2[nH]1. The van der Waals surface area contributed by atoms with Gasteiger partial charge in [-0.1, -0.05) is 23.7 Å². The van der Waals surface area contributed by atoms with Crippen molar-refractivity contribution in [2.75, 3.05) is 5.32 Å². The van der Waals surface area contributed by atoms with E-state index in [0.29, 0.717) is 5.65 Å². The highest BCUT2D eigenvalue weighted by atomic mass is 35.5. The maximum absolute atomic E-state index is 12.9. The van der Waals surface area contributed by atoms with Gasteiger partial charge < -0.3 is 10.3 Å². The highest BCUT2D eigenvalue weighted by Gasteiger charge is 2.33. The van der Waals surface area contributed by atoms with Crippen LogP contribution >= 0.6 is 11.6 Å². The molecule has 2 heterocycles. The van der Waals surface area contributed by atoms with Crippen molar-refractivity contribution in [1.82, 2.24) is 19.9 Å². The molecular formula is C12H7ClF3N5. The van der Waals surface area contributed by atoms with Crippen LogP contribution in [0, 0.1) is 0 Å². The van der Waals surface area contributed by atoms with Gasteiger partial charge in [0.15, 0.2) is 10.8 Å². The molecular weight excluding hydrogens is 307 g/mol. The number of halogens is 4. The average Bonchev–Trinajstić information content (AvgIpc) is 2.82. The predicted octanol–water partition coefficient (Wildman–Crippen LogP) is 3.77. The predicted molar refractivity (Wildman–Crippen MR) is 71.4 cm³/mol. The molecule has 0 spiro atoms. The summed E-state index contributed by atoms with van der Waals surface area (Å²) < 4.78 is 38.7. The lowest BCUT2D eigenvalue weighted by Crippen LogP contribution is -2.08. The van der Waals surface area contributed by atoms with E-state index < -0.39 is 11.7 Å². The smallest absolute Gasteiger partial charge is 0.325 e. The third-order valence-corrected chi connectivity index (χ3v) is 3.00. The number of alkyl halides is 3. The Morgan fingerprint density at radius 3 is 2.62 bits per heavy atom. The van der Waals surface area contributed by atoms with Crippen LogP contribution in [0.2, 0.25) is 5.15 Å². The number of rotatable bonds is 2. The molecule has 2 aromatic heterocycles. The van der Waals surface area contributed by atoms with Gasteiger partial charge in [-0.25, -0.2) is 15.0 Å². The van der Waals surface area contributed by atoms with Crippen LogP contribution in [0.15, 0.2) is 30.6 Å². The highest BCUT2D eigenvalue weighted by molar-refractivity contribution is 6.33. The number of nitrogens with one attached hydrogen (secondary N) is 2. The zero-order valence-corrected chi connectivity index (χ0v) is 11.0. The normalized spacial score (nSPS) is 11.8. The maximum Gasteiger partial charge on any atom is 0.418 e. The van der Waals surface area contributed by atoms with Crippen molar-refractivity contribution in [1.29, 1.82) is 0 Å². The molecule has 21 heavy (non-hydrogen) atoms. The second-order valence-corrected chi connectivity index (χ2v) is 4.47. The van der Waals surface area contributed by atoms with Gasteiger partial charge in [0.05, 0.1) is 11.3 Å². The van der Waals surface area contributed by atoms with Gasteiger partial charge in [0.2, 0.25) is 5.95 Å². The molecule has 3 rings (SSSR count). The monoisotopic (exact) mass is 313 g/mol. The van der Waals surface area contributed by atoms with Crippen LogP contribution in [0.4, 0.5) is 24.8 Å². The molecule has 0 aliphatic rings. The van der Waals surface area contributed by atoms with Crippen molar-refractivity contribution in [3.05, 3.63) is 41.3 Å². The average molecular weight is 314 g/mol. The molecule has 0 amide bonds. The van der Waals surface area contributed by atoms with Crippen LogP contribution < -0.4 is 5.32 Å². The van der Waals surface area contributed by atoms with Crippen LogP contribution in [-0.4, -0.2) is 19.9 Å². The zero-order valence-electron chi connectivity index (χ0n) is 10.2. The van der Waals surface area contributed by atoms with E-state index in [2.05, 4.69) is 25.3 Å². The van der Waals surface area contributed by atoms with Gasteiger partial charge in [-0.2, -0.15) is 13.2 Å². The molecule has 0 atom stereocenters. The molecule has 9 heteroatoms. The summed E-state index contributed by atoms with van der Waals surface area (Å²) in [5.74, 6) is 0.101. The van der Waals surface area contributed by atoms with Crippen LogP contribution in [0.1, 0.15) is 5.56 Å². The van der Waals surface area contributed by atoms with E-state index in [9.17, 15) is 13.2 Å². The molecule has 5 nitrogen and oxygen atoms in total. The van der Waals surface area contributed by atoms with Crippen LogP contribution in [-0.2, 0) is 6.18 Å². The summed E-state index contributed by atoms with van der Waals surface area (Å²) in [5.41, 5.74) is -0.288. The van der Waals surface area contributed by atoms with E-state index in [-0.39, 0.29) is 22.3 Å². The van der Waals surface area contributed by atoms with E-state index in [1.54, 1.807) is 0 Å². The van der Waals surface area contributed by atoms with Crippen molar-refractivity contribution >= 4 is 34.4 Å². The fraction of sp³-hybridized carbons (Fsp3) is 0.0833. The van der Waals surface area contributed by atoms with Gasteiger partial charge >= 0.3 is 6.18 Å². The Morgan fingerprint density at radius 2 is 1.90 bits per heavy atom. The minimum Gasteiger partial charge on any atom is -0.325 e. The third kappa shape index (κ3) is 2.62. The number of benzene rings is 1. The number of hydrogen-bond acceptors (Lipinski definition) is 4. The Labute approximate surface area is 121 Å². The van der Waals surface area contributed by atoms with Crippen molar-refractivity contribution in [3.63, 3.8) is 0 Å². The summed E-state index contributed by atoms with van der Waals surface area (Å²) in [7, 11) is 0. The van der Waals surface area contributed by atoms with E-state index in [4.69, 9.17) is 11.6 Å². The standard InChI is InChI=1S/C12H7ClF3N5/c13-9-8-10(18-5-17-9)21-11(20-8)19-7-4-2-1-3-6(7)12(14,15)16/h1-5H,(H2,17,18,19,20,21). The van der Waals surface area contributed by atoms with Crippen LogP contribution in [0.5, 0.6) is 0 Å². The Bertz CT molecular complexity index is 799. The first kappa shape index (κ1) is 13.6. The van der Waals surface area contributed by atoms with Crippen molar-refractivity contribution in [2.45, 2.75) is 6.18 Å². The zero-order chi connectivity index (χ0) is 15.0. The van der Waals surface area contributed by atoms with Crippen molar-refractivity contribution in [3.8, 4) is 0 Å². The number of aromatic amines is 1. The van der Waals surface area contributed by atoms with Gasteiger partial charge in [0.25, 0.3) is 0 Å². The number of para-hydroxylation sites is 1. The summed E-state index contributed by atoms with van der Waals surface area (Å²) in [4.78, 5) is 14.4. The van der Waals surface area contributed by atoms with Gasteiger partial charge in [0, 0.05) is 0 Å². The number of H-pyrrole nitrogens is 1. The Hall–Kier alpha value is -2.35. The van der Waals surface area contributed by atoms with E-state index in [1.807, 2.05) is 0 Å². The molecule has 0 fully saturated rings. The van der Waals surface area contributed by atoms with E-state index >= 15 is 0 Å². The van der Waals surface area contributed by atoms with Gasteiger partial charge in [0.1, 0.15) is 11.8 Å². The Balaban J connectivity index is 2.01. The molecule has 0 aliphatic heterocycles. The maximum atomic E-state index is 12.9. The number of imidazole rings is 1. The lowest BCUT2D eigenvalue weighted by molar-refractivity contribution is -0.136. The first-order valence-electron chi connectivity index (χ1n) is 5.74. The molecule has 2 N–H and O–H groups in total. The van der Waals surface area contributed by atoms with Gasteiger partial charge in [-0.05, 0) is 12.1 Å². The quantitative estimate of drug-likeness (QED) is 0.707. The molecule has 3 aromatic rings. The van der Waals surface area contributed by atoms with Crippen LogP contribution in [0.25, 0.3) is 11.2 Å². The summed E-state index contributed by atoms with van der Waals surface area (Å²) in [5, 5.41) is 2.70. The largest absolute Gasteiger partial charge is 0.418 e. The van der Waals surface area contributed by atoms with Crippen molar-refractivity contribution < 1.29 is 13.2 Å². The van der Waals surface area contributed by atoms with E-state index in [0.717, 1.165) is 6.07 Å². The fourth-order valence-corrected chi connectivity index (χ4v) is 2.00. The molecule has 0 unspecified atom stereocenters. The van der Waals surface area contributed by atoms with E-state index in [1.165, 1.54) is 24.5 Å². The topological polar surface area (TPSA) is 66.5 Å². The van der Waals surface area contributed by atoms with Gasteiger partial charge in [-0.15, -0.1) is 0 Å².